The third kappa shape index (κ3) is 5.94. The van der Waals surface area contributed by atoms with E-state index in [9.17, 15) is 4.79 Å². The molecular formula is C10H22N2O2. The fraction of sp³-hybridized carbons (Fsp3) is 0.900. The van der Waals surface area contributed by atoms with Gasteiger partial charge < -0.3 is 16.2 Å². The van der Waals surface area contributed by atoms with Gasteiger partial charge in [0.05, 0.1) is 5.54 Å². The molecule has 4 heteroatoms. The first kappa shape index (κ1) is 13.4. The summed E-state index contributed by atoms with van der Waals surface area (Å²) in [6.45, 7) is 4.62. The molecule has 0 aromatic carbocycles. The zero-order valence-corrected chi connectivity index (χ0v) is 9.18. The Balaban J connectivity index is 3.40. The molecule has 84 valence electrons. The summed E-state index contributed by atoms with van der Waals surface area (Å²) in [5, 5.41) is 11.6. The molecule has 4 N–H and O–H groups in total. The van der Waals surface area contributed by atoms with E-state index in [0.29, 0.717) is 0 Å². The van der Waals surface area contributed by atoms with Gasteiger partial charge in [0.15, 0.2) is 0 Å². The van der Waals surface area contributed by atoms with Gasteiger partial charge in [-0.2, -0.15) is 0 Å². The van der Waals surface area contributed by atoms with Gasteiger partial charge in [-0.1, -0.05) is 12.8 Å². The van der Waals surface area contributed by atoms with E-state index in [1.54, 1.807) is 13.8 Å². The molecule has 4 nitrogen and oxygen atoms in total. The van der Waals surface area contributed by atoms with E-state index in [0.717, 1.165) is 32.2 Å². The van der Waals surface area contributed by atoms with Crippen molar-refractivity contribution in [3.05, 3.63) is 0 Å². The molecule has 0 heterocycles. The SMILES string of the molecule is CC(C)(NCCCCCCO)C(N)=O. The minimum Gasteiger partial charge on any atom is -0.396 e. The number of primary amides is 1. The van der Waals surface area contributed by atoms with Crippen LogP contribution in [0, 0.1) is 0 Å². The summed E-state index contributed by atoms with van der Waals surface area (Å²) in [5.74, 6) is -0.326. The number of aliphatic hydroxyl groups excluding tert-OH is 1. The second kappa shape index (κ2) is 6.79. The number of nitrogens with one attached hydrogen (secondary N) is 1. The molecule has 0 unspecified atom stereocenters. The van der Waals surface area contributed by atoms with E-state index in [-0.39, 0.29) is 12.5 Å². The van der Waals surface area contributed by atoms with Crippen molar-refractivity contribution < 1.29 is 9.90 Å². The molecule has 0 aromatic rings. The van der Waals surface area contributed by atoms with Crippen LogP contribution < -0.4 is 11.1 Å². The van der Waals surface area contributed by atoms with Crippen LogP contribution in [0.15, 0.2) is 0 Å². The lowest BCUT2D eigenvalue weighted by Gasteiger charge is -2.22. The summed E-state index contributed by atoms with van der Waals surface area (Å²) >= 11 is 0. The molecule has 0 aromatic heterocycles. The minimum atomic E-state index is -0.614. The number of nitrogens with two attached hydrogens (primary N) is 1. The first-order chi connectivity index (χ1) is 6.50. The summed E-state index contributed by atoms with van der Waals surface area (Å²) in [4.78, 5) is 10.9. The number of hydrogen-bond donors (Lipinski definition) is 3. The Morgan fingerprint density at radius 2 is 1.86 bits per heavy atom. The maximum atomic E-state index is 10.9. The van der Waals surface area contributed by atoms with Gasteiger partial charge in [0.1, 0.15) is 0 Å². The predicted octanol–water partition coefficient (Wildman–Crippen LogP) is 0.393. The smallest absolute Gasteiger partial charge is 0.237 e. The molecule has 0 saturated carbocycles. The average Bonchev–Trinajstić information content (AvgIpc) is 2.10. The van der Waals surface area contributed by atoms with Crippen LogP contribution in [-0.4, -0.2) is 29.7 Å². The van der Waals surface area contributed by atoms with E-state index in [2.05, 4.69) is 5.32 Å². The first-order valence-corrected chi connectivity index (χ1v) is 5.16. The van der Waals surface area contributed by atoms with Crippen molar-refractivity contribution in [3.8, 4) is 0 Å². The Kier molecular flexibility index (Phi) is 6.49. The molecule has 0 bridgehead atoms. The topological polar surface area (TPSA) is 75.3 Å². The summed E-state index contributed by atoms with van der Waals surface area (Å²) in [6.07, 6.45) is 3.98. The quantitative estimate of drug-likeness (QED) is 0.498. The zero-order valence-electron chi connectivity index (χ0n) is 9.18. The van der Waals surface area contributed by atoms with Crippen molar-refractivity contribution in [3.63, 3.8) is 0 Å². The van der Waals surface area contributed by atoms with Crippen LogP contribution in [0.3, 0.4) is 0 Å². The van der Waals surface area contributed by atoms with Gasteiger partial charge in [0, 0.05) is 6.61 Å². The molecule has 1 amide bonds. The largest absolute Gasteiger partial charge is 0.396 e. The molecule has 0 atom stereocenters. The van der Waals surface area contributed by atoms with Crippen molar-refractivity contribution in [2.24, 2.45) is 5.73 Å². The number of carbonyl (C=O) groups excluding carboxylic acids is 1. The van der Waals surface area contributed by atoms with Crippen molar-refractivity contribution in [1.29, 1.82) is 0 Å². The molecule has 0 aliphatic rings. The van der Waals surface area contributed by atoms with Crippen LogP contribution in [0.5, 0.6) is 0 Å². The van der Waals surface area contributed by atoms with Crippen molar-refractivity contribution in [2.45, 2.75) is 45.1 Å². The van der Waals surface area contributed by atoms with Gasteiger partial charge in [-0.3, -0.25) is 4.79 Å². The lowest BCUT2D eigenvalue weighted by atomic mass is 10.0. The molecule has 0 radical (unpaired) electrons. The Labute approximate surface area is 85.9 Å². The molecule has 0 saturated heterocycles. The van der Waals surface area contributed by atoms with Crippen molar-refractivity contribution in [2.75, 3.05) is 13.2 Å². The number of hydrogen-bond acceptors (Lipinski definition) is 3. The van der Waals surface area contributed by atoms with Crippen LogP contribution in [0.25, 0.3) is 0 Å². The van der Waals surface area contributed by atoms with E-state index in [1.165, 1.54) is 0 Å². The molecule has 0 fully saturated rings. The van der Waals surface area contributed by atoms with Crippen LogP contribution >= 0.6 is 0 Å². The molecule has 0 spiro atoms. The molecule has 0 aliphatic carbocycles. The van der Waals surface area contributed by atoms with Crippen LogP contribution in [-0.2, 0) is 4.79 Å². The monoisotopic (exact) mass is 202 g/mol. The molecular weight excluding hydrogens is 180 g/mol. The summed E-state index contributed by atoms with van der Waals surface area (Å²) in [7, 11) is 0. The van der Waals surface area contributed by atoms with Gasteiger partial charge >= 0.3 is 0 Å². The highest BCUT2D eigenvalue weighted by Crippen LogP contribution is 2.02. The number of rotatable bonds is 8. The van der Waals surface area contributed by atoms with Gasteiger partial charge in [0.25, 0.3) is 0 Å². The Hall–Kier alpha value is -0.610. The third-order valence-corrected chi connectivity index (χ3v) is 2.27. The van der Waals surface area contributed by atoms with Crippen molar-refractivity contribution in [1.82, 2.24) is 5.32 Å². The summed E-state index contributed by atoms with van der Waals surface area (Å²) in [5.41, 5.74) is 4.58. The number of carbonyl (C=O) groups is 1. The fourth-order valence-electron chi connectivity index (χ4n) is 1.08. The average molecular weight is 202 g/mol. The highest BCUT2D eigenvalue weighted by atomic mass is 16.2. The molecule has 14 heavy (non-hydrogen) atoms. The summed E-state index contributed by atoms with van der Waals surface area (Å²) < 4.78 is 0. The van der Waals surface area contributed by atoms with E-state index >= 15 is 0 Å². The fourth-order valence-corrected chi connectivity index (χ4v) is 1.08. The van der Waals surface area contributed by atoms with Gasteiger partial charge in [-0.15, -0.1) is 0 Å². The Bertz CT molecular complexity index is 170. The lowest BCUT2D eigenvalue weighted by molar-refractivity contribution is -0.123. The highest BCUT2D eigenvalue weighted by Gasteiger charge is 2.22. The maximum absolute atomic E-state index is 10.9. The normalized spacial score (nSPS) is 11.6. The van der Waals surface area contributed by atoms with Crippen molar-refractivity contribution >= 4 is 5.91 Å². The van der Waals surface area contributed by atoms with E-state index in [1.807, 2.05) is 0 Å². The van der Waals surface area contributed by atoms with Crippen LogP contribution in [0.4, 0.5) is 0 Å². The Morgan fingerprint density at radius 3 is 2.36 bits per heavy atom. The Morgan fingerprint density at radius 1 is 1.29 bits per heavy atom. The number of aliphatic hydroxyl groups is 1. The van der Waals surface area contributed by atoms with E-state index in [4.69, 9.17) is 10.8 Å². The standard InChI is InChI=1S/C10H22N2O2/c1-10(2,9(11)14)12-7-5-3-4-6-8-13/h12-13H,3-8H2,1-2H3,(H2,11,14). The van der Waals surface area contributed by atoms with Gasteiger partial charge in [0.2, 0.25) is 5.91 Å². The maximum Gasteiger partial charge on any atom is 0.237 e. The number of unbranched alkanes of at least 4 members (excludes halogenated alkanes) is 3. The third-order valence-electron chi connectivity index (χ3n) is 2.27. The minimum absolute atomic E-state index is 0.264. The lowest BCUT2D eigenvalue weighted by Crippen LogP contribution is -2.50. The first-order valence-electron chi connectivity index (χ1n) is 5.16. The van der Waals surface area contributed by atoms with E-state index < -0.39 is 5.54 Å². The van der Waals surface area contributed by atoms with Crippen LogP contribution in [0.2, 0.25) is 0 Å². The number of amides is 1. The predicted molar refractivity (Wildman–Crippen MR) is 56.8 cm³/mol. The van der Waals surface area contributed by atoms with Crippen LogP contribution in [0.1, 0.15) is 39.5 Å². The molecule has 0 aliphatic heterocycles. The highest BCUT2D eigenvalue weighted by molar-refractivity contribution is 5.83. The van der Waals surface area contributed by atoms with Gasteiger partial charge in [-0.05, 0) is 33.2 Å². The second-order valence-corrected chi connectivity index (χ2v) is 4.05. The summed E-state index contributed by atoms with van der Waals surface area (Å²) in [6, 6.07) is 0. The molecule has 0 rings (SSSR count). The second-order valence-electron chi connectivity index (χ2n) is 4.05. The van der Waals surface area contributed by atoms with Gasteiger partial charge in [-0.25, -0.2) is 0 Å². The zero-order chi connectivity index (χ0) is 11.0.